The number of rotatable bonds is 5. The first kappa shape index (κ1) is 15.2. The molecule has 1 heterocycles. The zero-order chi connectivity index (χ0) is 16.1. The van der Waals surface area contributed by atoms with Crippen molar-refractivity contribution in [2.45, 2.75) is 0 Å². The minimum atomic E-state index is -0.374. The summed E-state index contributed by atoms with van der Waals surface area (Å²) in [6, 6.07) is 12.2. The van der Waals surface area contributed by atoms with E-state index >= 15 is 0 Å². The summed E-state index contributed by atoms with van der Waals surface area (Å²) in [5.74, 6) is 1.40. The molecule has 0 atom stereocenters. The second-order valence-corrected chi connectivity index (χ2v) is 5.09. The summed E-state index contributed by atoms with van der Waals surface area (Å²) in [6.45, 7) is 0.0318. The number of amides is 1. The first-order chi connectivity index (χ1) is 11.2. The molecule has 0 bridgehead atoms. The van der Waals surface area contributed by atoms with Gasteiger partial charge in [-0.2, -0.15) is 5.10 Å². The monoisotopic (exact) mass is 332 g/mol. The van der Waals surface area contributed by atoms with Crippen molar-refractivity contribution in [3.63, 3.8) is 0 Å². The van der Waals surface area contributed by atoms with Gasteiger partial charge >= 0.3 is 0 Å². The Morgan fingerprint density at radius 3 is 3.00 bits per heavy atom. The average molecular weight is 333 g/mol. The summed E-state index contributed by atoms with van der Waals surface area (Å²) in [4.78, 5) is 11.7. The minimum absolute atomic E-state index is 0.160. The van der Waals surface area contributed by atoms with Crippen LogP contribution in [0.3, 0.4) is 0 Å². The van der Waals surface area contributed by atoms with Gasteiger partial charge in [-0.15, -0.1) is 0 Å². The van der Waals surface area contributed by atoms with Crippen molar-refractivity contribution in [1.82, 2.24) is 5.43 Å². The lowest BCUT2D eigenvalue weighted by Crippen LogP contribution is -2.24. The largest absolute Gasteiger partial charge is 0.484 e. The summed E-state index contributed by atoms with van der Waals surface area (Å²) in [7, 11) is 0. The maximum atomic E-state index is 11.7. The lowest BCUT2D eigenvalue weighted by Gasteiger charge is -2.05. The number of hydrogen-bond acceptors (Lipinski definition) is 5. The van der Waals surface area contributed by atoms with Gasteiger partial charge in [-0.25, -0.2) is 5.43 Å². The van der Waals surface area contributed by atoms with E-state index in [0.717, 1.165) is 5.56 Å². The zero-order valence-electron chi connectivity index (χ0n) is 12.0. The van der Waals surface area contributed by atoms with Crippen molar-refractivity contribution in [3.8, 4) is 17.2 Å². The van der Waals surface area contributed by atoms with Crippen molar-refractivity contribution in [1.29, 1.82) is 0 Å². The van der Waals surface area contributed by atoms with Gasteiger partial charge in [-0.1, -0.05) is 23.7 Å². The van der Waals surface area contributed by atoms with Crippen molar-refractivity contribution in [2.24, 2.45) is 5.10 Å². The van der Waals surface area contributed by atoms with E-state index in [1.165, 1.54) is 6.21 Å². The highest BCUT2D eigenvalue weighted by atomic mass is 35.5. The molecule has 0 aromatic heterocycles. The van der Waals surface area contributed by atoms with Crippen LogP contribution in [0.2, 0.25) is 5.02 Å². The first-order valence-corrected chi connectivity index (χ1v) is 7.18. The van der Waals surface area contributed by atoms with Gasteiger partial charge in [0.05, 0.1) is 6.21 Å². The molecule has 0 radical (unpaired) electrons. The number of fused-ring (bicyclic) bond motifs is 1. The van der Waals surface area contributed by atoms with Gasteiger partial charge in [-0.3, -0.25) is 4.79 Å². The van der Waals surface area contributed by atoms with Crippen LogP contribution in [0.1, 0.15) is 5.56 Å². The molecule has 0 aliphatic carbocycles. The Labute approximate surface area is 137 Å². The number of nitrogens with one attached hydrogen (secondary N) is 1. The Morgan fingerprint density at radius 2 is 2.13 bits per heavy atom. The predicted octanol–water partition coefficient (Wildman–Crippen LogP) is 2.60. The van der Waals surface area contributed by atoms with Crippen LogP contribution in [-0.4, -0.2) is 25.5 Å². The standard InChI is InChI=1S/C16H13ClN2O4/c17-12-3-1-2-11(6-12)8-18-19-16(20)9-21-13-4-5-14-15(7-13)23-10-22-14/h1-8H,9-10H2,(H,19,20)/b18-8+. The van der Waals surface area contributed by atoms with E-state index in [1.54, 1.807) is 36.4 Å². The zero-order valence-corrected chi connectivity index (χ0v) is 12.7. The molecule has 1 amide bonds. The molecule has 3 rings (SSSR count). The number of halogens is 1. The highest BCUT2D eigenvalue weighted by molar-refractivity contribution is 6.30. The number of carbonyl (C=O) groups excluding carboxylic acids is 1. The molecule has 0 saturated heterocycles. The fourth-order valence-corrected chi connectivity index (χ4v) is 2.11. The van der Waals surface area contributed by atoms with Crippen molar-refractivity contribution >= 4 is 23.7 Å². The van der Waals surface area contributed by atoms with Crippen LogP contribution in [-0.2, 0) is 4.79 Å². The molecule has 0 fully saturated rings. The van der Waals surface area contributed by atoms with E-state index in [9.17, 15) is 4.79 Å². The highest BCUT2D eigenvalue weighted by Crippen LogP contribution is 2.34. The van der Waals surface area contributed by atoms with Gasteiger partial charge < -0.3 is 14.2 Å². The summed E-state index contributed by atoms with van der Waals surface area (Å²) in [6.07, 6.45) is 1.50. The van der Waals surface area contributed by atoms with Crippen molar-refractivity contribution in [3.05, 3.63) is 53.1 Å². The summed E-state index contributed by atoms with van der Waals surface area (Å²) in [5.41, 5.74) is 3.17. The predicted molar refractivity (Wildman–Crippen MR) is 85.2 cm³/mol. The quantitative estimate of drug-likeness (QED) is 0.675. The molecule has 2 aromatic rings. The third kappa shape index (κ3) is 4.14. The lowest BCUT2D eigenvalue weighted by molar-refractivity contribution is -0.123. The third-order valence-corrected chi connectivity index (χ3v) is 3.20. The highest BCUT2D eigenvalue weighted by Gasteiger charge is 2.14. The second kappa shape index (κ2) is 7.02. The smallest absolute Gasteiger partial charge is 0.277 e. The van der Waals surface area contributed by atoms with Gasteiger partial charge in [0.1, 0.15) is 5.75 Å². The molecular weight excluding hydrogens is 320 g/mol. The lowest BCUT2D eigenvalue weighted by atomic mass is 10.2. The number of ether oxygens (including phenoxy) is 3. The van der Waals surface area contributed by atoms with E-state index in [4.69, 9.17) is 25.8 Å². The third-order valence-electron chi connectivity index (χ3n) is 2.97. The number of hydrogen-bond donors (Lipinski definition) is 1. The molecule has 0 unspecified atom stereocenters. The molecule has 23 heavy (non-hydrogen) atoms. The van der Waals surface area contributed by atoms with Gasteiger partial charge in [-0.05, 0) is 29.8 Å². The van der Waals surface area contributed by atoms with Crippen LogP contribution in [0.4, 0.5) is 0 Å². The fraction of sp³-hybridized carbons (Fsp3) is 0.125. The topological polar surface area (TPSA) is 69.2 Å². The van der Waals surface area contributed by atoms with Crippen LogP contribution in [0.15, 0.2) is 47.6 Å². The van der Waals surface area contributed by atoms with Gasteiger partial charge in [0.2, 0.25) is 6.79 Å². The van der Waals surface area contributed by atoms with Crippen LogP contribution in [0.25, 0.3) is 0 Å². The Bertz CT molecular complexity index is 749. The normalized spacial score (nSPS) is 12.4. The van der Waals surface area contributed by atoms with Crippen LogP contribution in [0.5, 0.6) is 17.2 Å². The van der Waals surface area contributed by atoms with Gasteiger partial charge in [0.15, 0.2) is 18.1 Å². The molecule has 1 aliphatic heterocycles. The Morgan fingerprint density at radius 1 is 1.26 bits per heavy atom. The summed E-state index contributed by atoms with van der Waals surface area (Å²) in [5, 5.41) is 4.45. The van der Waals surface area contributed by atoms with E-state index in [2.05, 4.69) is 10.5 Å². The van der Waals surface area contributed by atoms with E-state index in [0.29, 0.717) is 22.3 Å². The maximum Gasteiger partial charge on any atom is 0.277 e. The second-order valence-electron chi connectivity index (χ2n) is 4.65. The SMILES string of the molecule is O=C(COc1ccc2c(c1)OCO2)N/N=C/c1cccc(Cl)c1. The number of nitrogens with zero attached hydrogens (tertiary/aromatic N) is 1. The summed E-state index contributed by atoms with van der Waals surface area (Å²) >= 11 is 5.86. The van der Waals surface area contributed by atoms with Gasteiger partial charge in [0.25, 0.3) is 5.91 Å². The van der Waals surface area contributed by atoms with Crippen molar-refractivity contribution in [2.75, 3.05) is 13.4 Å². The molecule has 2 aromatic carbocycles. The Hall–Kier alpha value is -2.73. The molecule has 0 saturated carbocycles. The molecular formula is C16H13ClN2O4. The van der Waals surface area contributed by atoms with E-state index in [-0.39, 0.29) is 19.3 Å². The Balaban J connectivity index is 1.48. The molecule has 0 spiro atoms. The number of carbonyl (C=O) groups is 1. The molecule has 6 nitrogen and oxygen atoms in total. The van der Waals surface area contributed by atoms with E-state index < -0.39 is 0 Å². The summed E-state index contributed by atoms with van der Waals surface area (Å²) < 4.78 is 15.8. The molecule has 7 heteroatoms. The first-order valence-electron chi connectivity index (χ1n) is 6.80. The van der Waals surface area contributed by atoms with Crippen LogP contribution < -0.4 is 19.6 Å². The maximum absolute atomic E-state index is 11.7. The molecule has 1 N–H and O–H groups in total. The molecule has 1 aliphatic rings. The average Bonchev–Trinajstić information content (AvgIpc) is 3.00. The molecule has 118 valence electrons. The number of hydrazone groups is 1. The fourth-order valence-electron chi connectivity index (χ4n) is 1.91. The number of benzene rings is 2. The van der Waals surface area contributed by atoms with E-state index in [1.807, 2.05) is 6.07 Å². The Kier molecular flexibility index (Phi) is 4.63. The van der Waals surface area contributed by atoms with Crippen molar-refractivity contribution < 1.29 is 19.0 Å². The minimum Gasteiger partial charge on any atom is -0.484 e. The van der Waals surface area contributed by atoms with Crippen LogP contribution in [0, 0.1) is 0 Å². The van der Waals surface area contributed by atoms with Gasteiger partial charge in [0, 0.05) is 11.1 Å². The van der Waals surface area contributed by atoms with Crippen LogP contribution >= 0.6 is 11.6 Å².